The summed E-state index contributed by atoms with van der Waals surface area (Å²) in [5.74, 6) is 0.485. The summed E-state index contributed by atoms with van der Waals surface area (Å²) in [6.07, 6.45) is 0. The molecule has 1 aromatic carbocycles. The second-order valence-electron chi connectivity index (χ2n) is 4.29. The average Bonchev–Trinajstić information content (AvgIpc) is 2.28. The number of hydrogen-bond donors (Lipinski definition) is 1. The van der Waals surface area contributed by atoms with E-state index in [1.54, 1.807) is 12.1 Å². The van der Waals surface area contributed by atoms with Crippen molar-refractivity contribution in [2.45, 2.75) is 4.90 Å². The fourth-order valence-electron chi connectivity index (χ4n) is 1.54. The number of ether oxygens (including phenoxy) is 1. The van der Waals surface area contributed by atoms with Crippen molar-refractivity contribution in [3.63, 3.8) is 0 Å². The highest BCUT2D eigenvalue weighted by Gasteiger charge is 2.24. The number of sulfonamides is 1. The van der Waals surface area contributed by atoms with Crippen LogP contribution in [0.5, 0.6) is 5.75 Å². The fraction of sp³-hybridized carbons (Fsp3) is 0.364. The lowest BCUT2D eigenvalue weighted by atomic mass is 10.3. The summed E-state index contributed by atoms with van der Waals surface area (Å²) in [5.41, 5.74) is 0.403. The van der Waals surface area contributed by atoms with E-state index in [4.69, 9.17) is 16.3 Å². The van der Waals surface area contributed by atoms with Crippen molar-refractivity contribution in [3.8, 4) is 5.75 Å². The van der Waals surface area contributed by atoms with Crippen LogP contribution in [0.15, 0.2) is 27.5 Å². The van der Waals surface area contributed by atoms with Crippen LogP contribution >= 0.6 is 11.6 Å². The number of likely N-dealkylation sites (N-methyl/N-ethyl adjacent to an activating group) is 1. The maximum Gasteiger partial charge on any atom is 0.287 e. The van der Waals surface area contributed by atoms with Gasteiger partial charge in [-0.2, -0.15) is 8.42 Å². The molecule has 0 bridgehead atoms. The Balaban J connectivity index is 2.22. The molecule has 6 nitrogen and oxygen atoms in total. The topological polar surface area (TPSA) is 71.0 Å². The van der Waals surface area contributed by atoms with Gasteiger partial charge in [-0.25, -0.2) is 0 Å². The van der Waals surface area contributed by atoms with Crippen molar-refractivity contribution in [3.05, 3.63) is 18.2 Å². The van der Waals surface area contributed by atoms with Crippen LogP contribution in [0.2, 0.25) is 0 Å². The Hall–Kier alpha value is -1.31. The second-order valence-corrected chi connectivity index (χ2v) is 6.22. The Morgan fingerprint density at radius 3 is 2.84 bits per heavy atom. The van der Waals surface area contributed by atoms with Crippen LogP contribution < -0.4 is 10.1 Å². The van der Waals surface area contributed by atoms with E-state index in [0.29, 0.717) is 18.0 Å². The lowest BCUT2D eigenvalue weighted by Gasteiger charge is -2.16. The van der Waals surface area contributed by atoms with Crippen LogP contribution in [0.25, 0.3) is 0 Å². The van der Waals surface area contributed by atoms with Gasteiger partial charge < -0.3 is 15.0 Å². The predicted molar refractivity (Wildman–Crippen MR) is 74.6 cm³/mol. The van der Waals surface area contributed by atoms with E-state index in [1.165, 1.54) is 6.07 Å². The summed E-state index contributed by atoms with van der Waals surface area (Å²) >= 11 is 5.61. The molecule has 0 aliphatic carbocycles. The van der Waals surface area contributed by atoms with E-state index in [0.717, 1.165) is 6.54 Å². The zero-order chi connectivity index (χ0) is 14.0. The molecule has 0 saturated carbocycles. The highest BCUT2D eigenvalue weighted by Crippen LogP contribution is 2.31. The smallest absolute Gasteiger partial charge is 0.287 e. The lowest BCUT2D eigenvalue weighted by Crippen LogP contribution is -2.20. The number of rotatable bonds is 4. The third-order valence-corrected chi connectivity index (χ3v) is 4.07. The van der Waals surface area contributed by atoms with Crippen LogP contribution in [0.3, 0.4) is 0 Å². The molecule has 0 saturated heterocycles. The normalized spacial score (nSPS) is 16.5. The number of fused-ring (bicyclic) bond motifs is 1. The predicted octanol–water partition coefficient (Wildman–Crippen LogP) is 1.34. The molecule has 1 aliphatic rings. The molecule has 0 spiro atoms. The van der Waals surface area contributed by atoms with Gasteiger partial charge in [-0.05, 0) is 37.8 Å². The average molecular weight is 304 g/mol. The van der Waals surface area contributed by atoms with Crippen LogP contribution in [0.1, 0.15) is 0 Å². The first-order valence-electron chi connectivity index (χ1n) is 5.57. The van der Waals surface area contributed by atoms with E-state index in [9.17, 15) is 8.42 Å². The van der Waals surface area contributed by atoms with Gasteiger partial charge >= 0.3 is 0 Å². The van der Waals surface area contributed by atoms with Crippen molar-refractivity contribution in [1.29, 1.82) is 0 Å². The lowest BCUT2D eigenvalue weighted by molar-refractivity contribution is 0.261. The number of halogens is 1. The highest BCUT2D eigenvalue weighted by atomic mass is 35.5. The third kappa shape index (κ3) is 3.37. The maximum atomic E-state index is 11.8. The minimum Gasteiger partial charge on any atom is -0.492 e. The monoisotopic (exact) mass is 303 g/mol. The zero-order valence-electron chi connectivity index (χ0n) is 10.6. The van der Waals surface area contributed by atoms with Crippen LogP contribution in [-0.2, 0) is 10.0 Å². The fourth-order valence-corrected chi connectivity index (χ4v) is 2.94. The molecule has 1 aromatic rings. The Morgan fingerprint density at radius 1 is 1.42 bits per heavy atom. The Bertz CT molecular complexity index is 614. The minimum atomic E-state index is -3.75. The quantitative estimate of drug-likeness (QED) is 0.850. The van der Waals surface area contributed by atoms with Gasteiger partial charge in [-0.1, -0.05) is 0 Å². The standard InChI is InChI=1S/C11H14ClN3O3S/c1-15(2)5-6-18-8-3-4-9-10(7-8)19(16,17)14-11(12)13-9/h3-4,7H,5-6H2,1-2H3,(H,13,14). The molecule has 0 amide bonds. The largest absolute Gasteiger partial charge is 0.492 e. The molecule has 1 heterocycles. The number of amidine groups is 1. The molecule has 0 unspecified atom stereocenters. The Labute approximate surface area is 117 Å². The van der Waals surface area contributed by atoms with Gasteiger partial charge in [-0.15, -0.1) is 4.40 Å². The maximum absolute atomic E-state index is 11.8. The summed E-state index contributed by atoms with van der Waals surface area (Å²) in [7, 11) is 0.112. The summed E-state index contributed by atoms with van der Waals surface area (Å²) < 4.78 is 32.6. The molecule has 1 N–H and O–H groups in total. The van der Waals surface area contributed by atoms with Crippen molar-refractivity contribution in [2.75, 3.05) is 32.6 Å². The van der Waals surface area contributed by atoms with Gasteiger partial charge in [0.25, 0.3) is 10.0 Å². The van der Waals surface area contributed by atoms with Crippen molar-refractivity contribution in [1.82, 2.24) is 4.90 Å². The summed E-state index contributed by atoms with van der Waals surface area (Å²) in [6.45, 7) is 1.22. The van der Waals surface area contributed by atoms with E-state index in [1.807, 2.05) is 19.0 Å². The molecule has 2 rings (SSSR count). The highest BCUT2D eigenvalue weighted by molar-refractivity contribution is 7.90. The van der Waals surface area contributed by atoms with Gasteiger partial charge in [0.2, 0.25) is 5.29 Å². The summed E-state index contributed by atoms with van der Waals surface area (Å²) in [5, 5.41) is 2.53. The third-order valence-electron chi connectivity index (χ3n) is 2.48. The molecule has 8 heteroatoms. The molecule has 0 radical (unpaired) electrons. The van der Waals surface area contributed by atoms with Gasteiger partial charge in [-0.3, -0.25) is 0 Å². The van der Waals surface area contributed by atoms with Gasteiger partial charge in [0.15, 0.2) is 0 Å². The molecule has 0 atom stereocenters. The van der Waals surface area contributed by atoms with Crippen molar-refractivity contribution in [2.24, 2.45) is 4.40 Å². The SMILES string of the molecule is CN(C)CCOc1ccc2c(c1)S(=O)(=O)N=C(Cl)N2. The summed E-state index contributed by atoms with van der Waals surface area (Å²) in [6, 6.07) is 4.74. The Kier molecular flexibility index (Phi) is 3.98. The summed E-state index contributed by atoms with van der Waals surface area (Å²) in [4.78, 5) is 2.04. The van der Waals surface area contributed by atoms with Gasteiger partial charge in [0, 0.05) is 12.6 Å². The number of hydrogen-bond acceptors (Lipinski definition) is 5. The van der Waals surface area contributed by atoms with E-state index in [2.05, 4.69) is 9.71 Å². The molecular weight excluding hydrogens is 290 g/mol. The van der Waals surface area contributed by atoms with Crippen molar-refractivity contribution >= 4 is 32.6 Å². The first-order valence-corrected chi connectivity index (χ1v) is 7.39. The zero-order valence-corrected chi connectivity index (χ0v) is 12.1. The first kappa shape index (κ1) is 14.1. The number of nitrogens with one attached hydrogen (secondary N) is 1. The molecule has 19 heavy (non-hydrogen) atoms. The van der Waals surface area contributed by atoms with Crippen LogP contribution in [0.4, 0.5) is 5.69 Å². The van der Waals surface area contributed by atoms with Crippen LogP contribution in [-0.4, -0.2) is 45.9 Å². The molecular formula is C11H14ClN3O3S. The van der Waals surface area contributed by atoms with Crippen LogP contribution in [0, 0.1) is 0 Å². The van der Waals surface area contributed by atoms with Crippen molar-refractivity contribution < 1.29 is 13.2 Å². The minimum absolute atomic E-state index is 0.0688. The van der Waals surface area contributed by atoms with E-state index < -0.39 is 10.0 Å². The molecule has 0 aromatic heterocycles. The number of benzene rings is 1. The second kappa shape index (κ2) is 5.36. The molecule has 104 valence electrons. The number of anilines is 1. The van der Waals surface area contributed by atoms with E-state index >= 15 is 0 Å². The van der Waals surface area contributed by atoms with Gasteiger partial charge in [0.05, 0.1) is 5.69 Å². The van der Waals surface area contributed by atoms with Gasteiger partial charge in [0.1, 0.15) is 17.3 Å². The number of nitrogens with zero attached hydrogens (tertiary/aromatic N) is 2. The molecule has 1 aliphatic heterocycles. The Morgan fingerprint density at radius 2 is 2.16 bits per heavy atom. The first-order chi connectivity index (χ1) is 8.88. The van der Waals surface area contributed by atoms with E-state index in [-0.39, 0.29) is 10.2 Å². The molecule has 0 fully saturated rings.